The van der Waals surface area contributed by atoms with Crippen LogP contribution in [0.2, 0.25) is 0 Å². The van der Waals surface area contributed by atoms with Gasteiger partial charge in [0, 0.05) is 25.4 Å². The number of anilines is 1. The topological polar surface area (TPSA) is 64.3 Å². The van der Waals surface area contributed by atoms with E-state index in [9.17, 15) is 22.4 Å². The molecule has 3 N–H and O–H groups in total. The van der Waals surface area contributed by atoms with Crippen LogP contribution in [0.4, 0.5) is 23.2 Å². The Balaban J connectivity index is 1.96. The third-order valence-electron chi connectivity index (χ3n) is 4.99. The molecule has 1 aliphatic heterocycles. The fourth-order valence-electron chi connectivity index (χ4n) is 3.43. The number of alkyl halides is 3. The molecule has 28 heavy (non-hydrogen) atoms. The lowest BCUT2D eigenvalue weighted by atomic mass is 9.73. The van der Waals surface area contributed by atoms with Gasteiger partial charge in [-0.15, -0.1) is 0 Å². The van der Waals surface area contributed by atoms with Crippen molar-refractivity contribution < 1.29 is 27.1 Å². The van der Waals surface area contributed by atoms with Gasteiger partial charge in [-0.05, 0) is 54.3 Å². The Morgan fingerprint density at radius 2 is 1.75 bits per heavy atom. The van der Waals surface area contributed by atoms with Crippen LogP contribution in [-0.4, -0.2) is 19.1 Å². The molecule has 2 aromatic rings. The SMILES string of the molecule is NCc1cc(NC(=O)C2(c3ccc(F)cc3)CCOCC2)cc(C(F)(F)F)c1. The zero-order valence-corrected chi connectivity index (χ0v) is 15.0. The molecule has 0 bridgehead atoms. The van der Waals surface area contributed by atoms with Crippen LogP contribution in [0.5, 0.6) is 0 Å². The van der Waals surface area contributed by atoms with Crippen LogP contribution in [0.3, 0.4) is 0 Å². The van der Waals surface area contributed by atoms with Crippen LogP contribution < -0.4 is 11.1 Å². The number of hydrogen-bond acceptors (Lipinski definition) is 3. The highest BCUT2D eigenvalue weighted by molar-refractivity contribution is 5.99. The Bertz CT molecular complexity index is 844. The lowest BCUT2D eigenvalue weighted by molar-refractivity contribution is -0.137. The number of ether oxygens (including phenoxy) is 1. The average molecular weight is 396 g/mol. The average Bonchev–Trinajstić information content (AvgIpc) is 2.68. The molecular weight excluding hydrogens is 376 g/mol. The predicted octanol–water partition coefficient (Wildman–Crippen LogP) is 3.99. The summed E-state index contributed by atoms with van der Waals surface area (Å²) < 4.78 is 58.1. The summed E-state index contributed by atoms with van der Waals surface area (Å²) in [4.78, 5) is 13.2. The second kappa shape index (κ2) is 7.89. The van der Waals surface area contributed by atoms with E-state index < -0.39 is 28.9 Å². The van der Waals surface area contributed by atoms with Crippen LogP contribution in [0.25, 0.3) is 0 Å². The van der Waals surface area contributed by atoms with E-state index in [2.05, 4.69) is 5.32 Å². The molecule has 0 saturated carbocycles. The third-order valence-corrected chi connectivity index (χ3v) is 4.99. The van der Waals surface area contributed by atoms with Crippen molar-refractivity contribution in [3.05, 3.63) is 65.0 Å². The quantitative estimate of drug-likeness (QED) is 0.768. The Labute approximate surface area is 159 Å². The number of rotatable bonds is 4. The number of carbonyl (C=O) groups excluding carboxylic acids is 1. The molecule has 0 aliphatic carbocycles. The second-order valence-corrected chi connectivity index (χ2v) is 6.78. The summed E-state index contributed by atoms with van der Waals surface area (Å²) in [6.45, 7) is 0.548. The Hall–Kier alpha value is -2.45. The molecule has 4 nitrogen and oxygen atoms in total. The number of nitrogens with two attached hydrogens (primary N) is 1. The van der Waals surface area contributed by atoms with Crippen molar-refractivity contribution in [3.8, 4) is 0 Å². The molecule has 0 atom stereocenters. The van der Waals surface area contributed by atoms with Gasteiger partial charge in [0.15, 0.2) is 0 Å². The number of benzene rings is 2. The highest BCUT2D eigenvalue weighted by Crippen LogP contribution is 2.37. The Morgan fingerprint density at radius 3 is 2.32 bits per heavy atom. The molecule has 1 amide bonds. The minimum atomic E-state index is -4.56. The van der Waals surface area contributed by atoms with E-state index in [1.807, 2.05) is 0 Å². The van der Waals surface area contributed by atoms with Gasteiger partial charge in [0.2, 0.25) is 5.91 Å². The maximum Gasteiger partial charge on any atom is 0.416 e. The Kier molecular flexibility index (Phi) is 5.71. The van der Waals surface area contributed by atoms with Gasteiger partial charge in [0.25, 0.3) is 0 Å². The van der Waals surface area contributed by atoms with Gasteiger partial charge < -0.3 is 15.8 Å². The van der Waals surface area contributed by atoms with Gasteiger partial charge in [-0.3, -0.25) is 4.79 Å². The smallest absolute Gasteiger partial charge is 0.381 e. The van der Waals surface area contributed by atoms with Crippen molar-refractivity contribution in [3.63, 3.8) is 0 Å². The summed E-state index contributed by atoms with van der Waals surface area (Å²) in [6, 6.07) is 8.84. The highest BCUT2D eigenvalue weighted by atomic mass is 19.4. The maximum atomic E-state index is 13.3. The molecule has 0 spiro atoms. The van der Waals surface area contributed by atoms with Crippen molar-refractivity contribution >= 4 is 11.6 Å². The number of halogens is 4. The maximum absolute atomic E-state index is 13.3. The van der Waals surface area contributed by atoms with Gasteiger partial charge in [-0.25, -0.2) is 4.39 Å². The first-order valence-corrected chi connectivity index (χ1v) is 8.81. The van der Waals surface area contributed by atoms with Crippen LogP contribution in [0.1, 0.15) is 29.5 Å². The van der Waals surface area contributed by atoms with E-state index in [1.165, 1.54) is 30.3 Å². The number of carbonyl (C=O) groups is 1. The second-order valence-electron chi connectivity index (χ2n) is 6.78. The van der Waals surface area contributed by atoms with Gasteiger partial charge >= 0.3 is 6.18 Å². The third kappa shape index (κ3) is 4.18. The molecule has 1 aliphatic rings. The largest absolute Gasteiger partial charge is 0.416 e. The van der Waals surface area contributed by atoms with Crippen molar-refractivity contribution in [2.45, 2.75) is 31.0 Å². The van der Waals surface area contributed by atoms with Gasteiger partial charge in [0.05, 0.1) is 11.0 Å². The first kappa shape index (κ1) is 20.3. The molecule has 0 aromatic heterocycles. The van der Waals surface area contributed by atoms with E-state index in [0.29, 0.717) is 31.6 Å². The lowest BCUT2D eigenvalue weighted by Gasteiger charge is -2.36. The van der Waals surface area contributed by atoms with E-state index in [-0.39, 0.29) is 17.8 Å². The fourth-order valence-corrected chi connectivity index (χ4v) is 3.43. The molecule has 2 aromatic carbocycles. The van der Waals surface area contributed by atoms with Gasteiger partial charge in [-0.2, -0.15) is 13.2 Å². The normalized spacial score (nSPS) is 16.6. The van der Waals surface area contributed by atoms with Crippen molar-refractivity contribution in [2.24, 2.45) is 5.73 Å². The Morgan fingerprint density at radius 1 is 1.11 bits per heavy atom. The van der Waals surface area contributed by atoms with E-state index in [0.717, 1.165) is 12.1 Å². The summed E-state index contributed by atoms with van der Waals surface area (Å²) in [5, 5.41) is 2.61. The van der Waals surface area contributed by atoms with E-state index in [4.69, 9.17) is 10.5 Å². The van der Waals surface area contributed by atoms with Gasteiger partial charge in [-0.1, -0.05) is 12.1 Å². The van der Waals surface area contributed by atoms with Crippen LogP contribution >= 0.6 is 0 Å². The molecule has 8 heteroatoms. The summed E-state index contributed by atoms with van der Waals surface area (Å²) in [5.74, 6) is -0.887. The molecule has 1 fully saturated rings. The monoisotopic (exact) mass is 396 g/mol. The first-order chi connectivity index (χ1) is 13.2. The summed E-state index contributed by atoms with van der Waals surface area (Å²) in [6.07, 6.45) is -3.88. The van der Waals surface area contributed by atoms with Gasteiger partial charge in [0.1, 0.15) is 5.82 Å². The molecule has 1 heterocycles. The van der Waals surface area contributed by atoms with Crippen LogP contribution in [-0.2, 0) is 27.7 Å². The minimum absolute atomic E-state index is 0.0215. The molecule has 1 saturated heterocycles. The number of nitrogens with one attached hydrogen (secondary N) is 1. The molecular formula is C20H20F4N2O2. The molecule has 3 rings (SSSR count). The standard InChI is InChI=1S/C20H20F4N2O2/c21-16-3-1-14(2-4-16)19(5-7-28-8-6-19)18(27)26-17-10-13(12-25)9-15(11-17)20(22,23)24/h1-4,9-11H,5-8,12,25H2,(H,26,27). The fraction of sp³-hybridized carbons (Fsp3) is 0.350. The minimum Gasteiger partial charge on any atom is -0.381 e. The van der Waals surface area contributed by atoms with E-state index >= 15 is 0 Å². The lowest BCUT2D eigenvalue weighted by Crippen LogP contribution is -2.44. The first-order valence-electron chi connectivity index (χ1n) is 8.81. The van der Waals surface area contributed by atoms with E-state index in [1.54, 1.807) is 0 Å². The van der Waals surface area contributed by atoms with Crippen molar-refractivity contribution in [1.29, 1.82) is 0 Å². The molecule has 0 radical (unpaired) electrons. The summed E-state index contributed by atoms with van der Waals surface area (Å²) >= 11 is 0. The van der Waals surface area contributed by atoms with Crippen molar-refractivity contribution in [2.75, 3.05) is 18.5 Å². The number of hydrogen-bond donors (Lipinski definition) is 2. The number of amides is 1. The summed E-state index contributed by atoms with van der Waals surface area (Å²) in [7, 11) is 0. The van der Waals surface area contributed by atoms with Crippen molar-refractivity contribution in [1.82, 2.24) is 0 Å². The van der Waals surface area contributed by atoms with Crippen LogP contribution in [0.15, 0.2) is 42.5 Å². The molecule has 0 unspecified atom stereocenters. The summed E-state index contributed by atoms with van der Waals surface area (Å²) in [5.41, 5.74) is 4.49. The highest BCUT2D eigenvalue weighted by Gasteiger charge is 2.42. The zero-order chi connectivity index (χ0) is 20.4. The molecule has 150 valence electrons. The zero-order valence-electron chi connectivity index (χ0n) is 15.0. The predicted molar refractivity (Wildman–Crippen MR) is 96.1 cm³/mol. The van der Waals surface area contributed by atoms with Crippen LogP contribution in [0, 0.1) is 5.82 Å².